The number of carbonyl (C=O) groups is 2. The quantitative estimate of drug-likeness (QED) is 0.790. The summed E-state index contributed by atoms with van der Waals surface area (Å²) in [5, 5.41) is 0. The SMILES string of the molecule is CSCc1cc(C(=O)N2CCN(C(=O)C34CC(CO3)C4)[C@H](C)C2)ccc1F. The van der Waals surface area contributed by atoms with Gasteiger partial charge in [0.1, 0.15) is 11.4 Å². The van der Waals surface area contributed by atoms with E-state index < -0.39 is 5.60 Å². The Morgan fingerprint density at radius 1 is 1.33 bits per heavy atom. The van der Waals surface area contributed by atoms with Gasteiger partial charge in [-0.3, -0.25) is 9.59 Å². The molecule has 5 rings (SSSR count). The summed E-state index contributed by atoms with van der Waals surface area (Å²) in [6.45, 7) is 4.16. The summed E-state index contributed by atoms with van der Waals surface area (Å²) >= 11 is 1.52. The first kappa shape index (κ1) is 18.7. The van der Waals surface area contributed by atoms with Gasteiger partial charge in [-0.25, -0.2) is 4.39 Å². The molecule has 1 aliphatic carbocycles. The van der Waals surface area contributed by atoms with E-state index in [9.17, 15) is 14.0 Å². The number of amides is 2. The molecule has 2 amide bonds. The van der Waals surface area contributed by atoms with E-state index in [4.69, 9.17) is 4.74 Å². The fraction of sp³-hybridized carbons (Fsp3) is 0.600. The molecule has 4 aliphatic rings. The Balaban J connectivity index is 1.42. The third-order valence-electron chi connectivity index (χ3n) is 5.99. The first-order valence-electron chi connectivity index (χ1n) is 9.45. The van der Waals surface area contributed by atoms with Gasteiger partial charge in [0, 0.05) is 37.0 Å². The Kier molecular flexibility index (Phi) is 4.93. The number of thioether (sulfide) groups is 1. The van der Waals surface area contributed by atoms with Gasteiger partial charge in [-0.2, -0.15) is 11.8 Å². The maximum Gasteiger partial charge on any atom is 0.255 e. The van der Waals surface area contributed by atoms with Gasteiger partial charge in [-0.1, -0.05) is 0 Å². The highest BCUT2D eigenvalue weighted by molar-refractivity contribution is 7.97. The predicted octanol–water partition coefficient (Wildman–Crippen LogP) is 2.54. The molecule has 0 unspecified atom stereocenters. The number of piperazine rings is 1. The number of benzene rings is 1. The molecule has 0 radical (unpaired) electrons. The molecular weight excluding hydrogens is 367 g/mol. The lowest BCUT2D eigenvalue weighted by Gasteiger charge is -2.45. The van der Waals surface area contributed by atoms with Crippen molar-refractivity contribution in [3.05, 3.63) is 35.1 Å². The molecule has 3 heterocycles. The van der Waals surface area contributed by atoms with Crippen LogP contribution >= 0.6 is 11.8 Å². The van der Waals surface area contributed by atoms with Crippen LogP contribution in [0.4, 0.5) is 4.39 Å². The molecule has 5 nitrogen and oxygen atoms in total. The average Bonchev–Trinajstić information content (AvgIpc) is 3.24. The topological polar surface area (TPSA) is 49.9 Å². The number of ether oxygens (including phenoxy) is 1. The highest BCUT2D eigenvalue weighted by Gasteiger charge is 2.59. The molecule has 0 spiro atoms. The molecule has 1 atom stereocenters. The van der Waals surface area contributed by atoms with Crippen molar-refractivity contribution in [3.63, 3.8) is 0 Å². The highest BCUT2D eigenvalue weighted by atomic mass is 32.2. The summed E-state index contributed by atoms with van der Waals surface area (Å²) in [6.07, 6.45) is 3.58. The van der Waals surface area contributed by atoms with Crippen LogP contribution in [0.15, 0.2) is 18.2 Å². The Hall–Kier alpha value is -1.60. The lowest BCUT2D eigenvalue weighted by Crippen LogP contribution is -2.61. The molecule has 146 valence electrons. The van der Waals surface area contributed by atoms with Gasteiger partial charge in [-0.05, 0) is 55.7 Å². The van der Waals surface area contributed by atoms with E-state index in [0.29, 0.717) is 49.0 Å². The lowest BCUT2D eigenvalue weighted by atomic mass is 9.73. The monoisotopic (exact) mass is 392 g/mol. The van der Waals surface area contributed by atoms with Crippen molar-refractivity contribution < 1.29 is 18.7 Å². The van der Waals surface area contributed by atoms with Crippen LogP contribution in [0.5, 0.6) is 0 Å². The number of carbonyl (C=O) groups excluding carboxylic acids is 2. The number of hydrogen-bond acceptors (Lipinski definition) is 4. The number of hydrogen-bond donors (Lipinski definition) is 0. The van der Waals surface area contributed by atoms with Crippen molar-refractivity contribution >= 4 is 23.6 Å². The normalized spacial score (nSPS) is 29.6. The average molecular weight is 392 g/mol. The molecule has 2 bridgehead atoms. The second kappa shape index (κ2) is 7.09. The summed E-state index contributed by atoms with van der Waals surface area (Å²) in [6, 6.07) is 4.50. The minimum absolute atomic E-state index is 0.0565. The minimum Gasteiger partial charge on any atom is -0.365 e. The van der Waals surface area contributed by atoms with Crippen LogP contribution in [0.2, 0.25) is 0 Å². The third kappa shape index (κ3) is 3.25. The van der Waals surface area contributed by atoms with Gasteiger partial charge in [0.05, 0.1) is 6.61 Å². The van der Waals surface area contributed by atoms with Crippen LogP contribution in [-0.4, -0.2) is 65.8 Å². The largest absolute Gasteiger partial charge is 0.365 e. The van der Waals surface area contributed by atoms with Gasteiger partial charge < -0.3 is 14.5 Å². The number of nitrogens with zero attached hydrogens (tertiary/aromatic N) is 2. The minimum atomic E-state index is -0.589. The van der Waals surface area contributed by atoms with Gasteiger partial charge in [0.25, 0.3) is 11.8 Å². The summed E-state index contributed by atoms with van der Waals surface area (Å²) < 4.78 is 19.6. The molecule has 7 heteroatoms. The summed E-state index contributed by atoms with van der Waals surface area (Å²) in [5.41, 5.74) is 0.466. The van der Waals surface area contributed by atoms with E-state index in [2.05, 4.69) is 0 Å². The third-order valence-corrected chi connectivity index (χ3v) is 6.59. The first-order valence-corrected chi connectivity index (χ1v) is 10.8. The van der Waals surface area contributed by atoms with Crippen LogP contribution < -0.4 is 0 Å². The zero-order valence-electron chi connectivity index (χ0n) is 15.7. The van der Waals surface area contributed by atoms with Crippen LogP contribution in [0.25, 0.3) is 0 Å². The standard InChI is InChI=1S/C20H25FN2O3S/c1-13-10-22(18(24)15-3-4-17(21)16(7-15)12-27-2)5-6-23(13)19(25)20-8-14(9-20)11-26-20/h3-4,7,13-14H,5-6,8-12H2,1-2H3/t13-,14?,20?/m1/s1. The van der Waals surface area contributed by atoms with E-state index in [1.54, 1.807) is 17.0 Å². The van der Waals surface area contributed by atoms with E-state index in [0.717, 1.165) is 12.8 Å². The second-order valence-electron chi connectivity index (χ2n) is 7.92. The number of rotatable bonds is 4. The molecule has 0 aromatic heterocycles. The molecule has 0 N–H and O–H groups in total. The second-order valence-corrected chi connectivity index (χ2v) is 8.78. The summed E-state index contributed by atoms with van der Waals surface area (Å²) in [7, 11) is 0. The maximum absolute atomic E-state index is 13.9. The van der Waals surface area contributed by atoms with Gasteiger partial charge in [0.2, 0.25) is 0 Å². The highest BCUT2D eigenvalue weighted by Crippen LogP contribution is 2.49. The van der Waals surface area contributed by atoms with Gasteiger partial charge in [-0.15, -0.1) is 0 Å². The molecule has 27 heavy (non-hydrogen) atoms. The van der Waals surface area contributed by atoms with E-state index in [-0.39, 0.29) is 23.7 Å². The summed E-state index contributed by atoms with van der Waals surface area (Å²) in [5.74, 6) is 0.782. The van der Waals surface area contributed by atoms with E-state index >= 15 is 0 Å². The Morgan fingerprint density at radius 3 is 2.74 bits per heavy atom. The van der Waals surface area contributed by atoms with E-state index in [1.807, 2.05) is 18.1 Å². The zero-order chi connectivity index (χ0) is 19.2. The molecule has 3 saturated heterocycles. The fourth-order valence-electron chi connectivity index (χ4n) is 4.48. The smallest absolute Gasteiger partial charge is 0.255 e. The van der Waals surface area contributed by atoms with E-state index in [1.165, 1.54) is 17.8 Å². The van der Waals surface area contributed by atoms with Crippen LogP contribution in [0, 0.1) is 11.7 Å². The summed E-state index contributed by atoms with van der Waals surface area (Å²) in [4.78, 5) is 29.4. The molecule has 1 aromatic carbocycles. The fourth-order valence-corrected chi connectivity index (χ4v) is 5.02. The zero-order valence-corrected chi connectivity index (χ0v) is 16.6. The predicted molar refractivity (Wildman–Crippen MR) is 102 cm³/mol. The Bertz CT molecular complexity index is 760. The van der Waals surface area contributed by atoms with Crippen molar-refractivity contribution in [2.75, 3.05) is 32.5 Å². The Labute approximate surface area is 163 Å². The molecule has 3 aliphatic heterocycles. The first-order chi connectivity index (χ1) is 12.9. The molecular formula is C20H25FN2O3S. The van der Waals surface area contributed by atoms with Gasteiger partial charge in [0.15, 0.2) is 0 Å². The van der Waals surface area contributed by atoms with Crippen molar-refractivity contribution in [1.29, 1.82) is 0 Å². The lowest BCUT2D eigenvalue weighted by molar-refractivity contribution is -0.159. The van der Waals surface area contributed by atoms with Crippen LogP contribution in [-0.2, 0) is 15.3 Å². The number of halogens is 1. The van der Waals surface area contributed by atoms with Crippen molar-refractivity contribution in [2.45, 2.75) is 37.2 Å². The van der Waals surface area contributed by atoms with Crippen LogP contribution in [0.3, 0.4) is 0 Å². The Morgan fingerprint density at radius 2 is 2.11 bits per heavy atom. The molecule has 1 saturated carbocycles. The molecule has 4 fully saturated rings. The van der Waals surface area contributed by atoms with Crippen molar-refractivity contribution in [3.8, 4) is 0 Å². The maximum atomic E-state index is 13.9. The van der Waals surface area contributed by atoms with Gasteiger partial charge >= 0.3 is 0 Å². The van der Waals surface area contributed by atoms with Crippen LogP contribution in [0.1, 0.15) is 35.7 Å². The van der Waals surface area contributed by atoms with Crippen molar-refractivity contribution in [2.24, 2.45) is 5.92 Å². The number of fused-ring (bicyclic) bond motifs is 1. The molecule has 1 aromatic rings. The van der Waals surface area contributed by atoms with Crippen molar-refractivity contribution in [1.82, 2.24) is 9.80 Å².